The Bertz CT molecular complexity index is 559. The third-order valence-corrected chi connectivity index (χ3v) is 4.18. The third kappa shape index (κ3) is 4.09. The van der Waals surface area contributed by atoms with E-state index in [9.17, 15) is 4.79 Å². The number of nitrogens with one attached hydrogen (secondary N) is 1. The number of carbonyl (C=O) groups is 1. The van der Waals surface area contributed by atoms with Crippen molar-refractivity contribution < 1.29 is 9.53 Å². The van der Waals surface area contributed by atoms with Crippen LogP contribution in [0, 0.1) is 0 Å². The number of nitrogens with zero attached hydrogens (tertiary/aromatic N) is 2. The molecule has 1 heterocycles. The molecule has 1 aromatic heterocycles. The Kier molecular flexibility index (Phi) is 5.00. The molecule has 1 N–H and O–H groups in total. The quantitative estimate of drug-likeness (QED) is 0.679. The lowest BCUT2D eigenvalue weighted by Gasteiger charge is -2.00. The predicted octanol–water partition coefficient (Wildman–Crippen LogP) is 2.88. The Hall–Kier alpha value is -1.31. The largest absolute Gasteiger partial charge is 0.497 e. The predicted molar refractivity (Wildman–Crippen MR) is 76.4 cm³/mol. The Morgan fingerprint density at radius 2 is 2.16 bits per heavy atom. The summed E-state index contributed by atoms with van der Waals surface area (Å²) in [5, 5.41) is 10.9. The van der Waals surface area contributed by atoms with Gasteiger partial charge in [-0.2, -0.15) is 0 Å². The first-order valence-electron chi connectivity index (χ1n) is 5.22. The molecule has 0 fully saturated rings. The van der Waals surface area contributed by atoms with Crippen molar-refractivity contribution in [3.8, 4) is 5.75 Å². The zero-order chi connectivity index (χ0) is 13.7. The second-order valence-electron chi connectivity index (χ2n) is 3.33. The number of methoxy groups -OCH3 is 1. The molecule has 0 spiro atoms. The highest BCUT2D eigenvalue weighted by molar-refractivity contribution is 8.01. The molecule has 1 aromatic carbocycles. The highest BCUT2D eigenvalue weighted by Gasteiger charge is 2.08. The number of hydrogen-bond donors (Lipinski definition) is 1. The summed E-state index contributed by atoms with van der Waals surface area (Å²) in [5.74, 6) is 0.413. The van der Waals surface area contributed by atoms with Gasteiger partial charge in [-0.3, -0.25) is 10.1 Å². The van der Waals surface area contributed by atoms with Crippen LogP contribution < -0.4 is 10.1 Å². The molecule has 0 aliphatic rings. The van der Waals surface area contributed by atoms with Crippen molar-refractivity contribution >= 4 is 45.7 Å². The number of carbonyl (C=O) groups excluding carboxylic acids is 1. The van der Waals surface area contributed by atoms with E-state index in [1.807, 2.05) is 24.3 Å². The van der Waals surface area contributed by atoms with Gasteiger partial charge >= 0.3 is 0 Å². The molecule has 2 aromatic rings. The first kappa shape index (κ1) is 14.1. The molecule has 0 unspecified atom stereocenters. The average molecular weight is 316 g/mol. The number of ether oxygens (including phenoxy) is 1. The smallest absolute Gasteiger partial charge is 0.241 e. The van der Waals surface area contributed by atoms with Gasteiger partial charge < -0.3 is 4.74 Å². The first-order chi connectivity index (χ1) is 9.21. The molecule has 5 nitrogen and oxygen atoms in total. The summed E-state index contributed by atoms with van der Waals surface area (Å²) in [6.07, 6.45) is 0. The Morgan fingerprint density at radius 1 is 1.42 bits per heavy atom. The van der Waals surface area contributed by atoms with Crippen LogP contribution in [0.5, 0.6) is 5.75 Å². The Morgan fingerprint density at radius 3 is 2.79 bits per heavy atom. The number of hydrogen-bond acceptors (Lipinski definition) is 6. The van der Waals surface area contributed by atoms with Crippen LogP contribution >= 0.6 is 34.7 Å². The molecule has 0 aliphatic heterocycles. The fraction of sp³-hybridized carbons (Fsp3) is 0.182. The average Bonchev–Trinajstić information content (AvgIpc) is 2.86. The maximum absolute atomic E-state index is 11.1. The van der Waals surface area contributed by atoms with Crippen molar-refractivity contribution in [3.63, 3.8) is 0 Å². The van der Waals surface area contributed by atoms with E-state index in [2.05, 4.69) is 15.5 Å². The number of alkyl halides is 1. The van der Waals surface area contributed by atoms with E-state index in [-0.39, 0.29) is 11.8 Å². The van der Waals surface area contributed by atoms with Crippen LogP contribution in [-0.2, 0) is 4.79 Å². The van der Waals surface area contributed by atoms with Gasteiger partial charge in [0, 0.05) is 4.90 Å². The highest BCUT2D eigenvalue weighted by atomic mass is 35.5. The van der Waals surface area contributed by atoms with Crippen molar-refractivity contribution in [2.45, 2.75) is 9.24 Å². The second-order valence-corrected chi connectivity index (χ2v) is 5.90. The minimum absolute atomic E-state index is 0.0967. The van der Waals surface area contributed by atoms with Crippen LogP contribution in [0.1, 0.15) is 0 Å². The summed E-state index contributed by atoms with van der Waals surface area (Å²) in [6, 6.07) is 7.61. The van der Waals surface area contributed by atoms with Crippen LogP contribution in [0.3, 0.4) is 0 Å². The number of anilines is 1. The maximum atomic E-state index is 11.1. The van der Waals surface area contributed by atoms with Gasteiger partial charge in [0.1, 0.15) is 11.6 Å². The second kappa shape index (κ2) is 6.74. The van der Waals surface area contributed by atoms with Crippen LogP contribution in [0.25, 0.3) is 0 Å². The molecule has 0 bridgehead atoms. The fourth-order valence-corrected chi connectivity index (χ4v) is 3.01. The first-order valence-corrected chi connectivity index (χ1v) is 7.39. The van der Waals surface area contributed by atoms with E-state index in [1.54, 1.807) is 7.11 Å². The molecule has 0 saturated carbocycles. The monoisotopic (exact) mass is 315 g/mol. The maximum Gasteiger partial charge on any atom is 0.241 e. The van der Waals surface area contributed by atoms with E-state index in [0.29, 0.717) is 5.13 Å². The molecule has 100 valence electrons. The van der Waals surface area contributed by atoms with Gasteiger partial charge in [-0.25, -0.2) is 0 Å². The number of amides is 1. The third-order valence-electron chi connectivity index (χ3n) is 2.04. The van der Waals surface area contributed by atoms with E-state index >= 15 is 0 Å². The number of benzene rings is 1. The zero-order valence-corrected chi connectivity index (χ0v) is 12.3. The summed E-state index contributed by atoms with van der Waals surface area (Å²) in [5.41, 5.74) is 0. The molecule has 19 heavy (non-hydrogen) atoms. The highest BCUT2D eigenvalue weighted by Crippen LogP contribution is 2.32. The van der Waals surface area contributed by atoms with Crippen molar-refractivity contribution in [2.24, 2.45) is 0 Å². The van der Waals surface area contributed by atoms with E-state index in [1.165, 1.54) is 23.1 Å². The minimum Gasteiger partial charge on any atom is -0.497 e. The fourth-order valence-electron chi connectivity index (χ4n) is 1.20. The van der Waals surface area contributed by atoms with Gasteiger partial charge in [0.05, 0.1) is 7.11 Å². The molecule has 0 atom stereocenters. The number of halogens is 1. The molecule has 2 rings (SSSR count). The van der Waals surface area contributed by atoms with E-state index < -0.39 is 0 Å². The normalized spacial score (nSPS) is 10.2. The van der Waals surface area contributed by atoms with Crippen LogP contribution in [0.15, 0.2) is 33.5 Å². The van der Waals surface area contributed by atoms with Crippen molar-refractivity contribution in [1.82, 2.24) is 10.2 Å². The lowest BCUT2D eigenvalue weighted by Crippen LogP contribution is -2.12. The van der Waals surface area contributed by atoms with Crippen LogP contribution in [-0.4, -0.2) is 29.1 Å². The van der Waals surface area contributed by atoms with Crippen molar-refractivity contribution in [3.05, 3.63) is 24.3 Å². The molecule has 0 saturated heterocycles. The summed E-state index contributed by atoms with van der Waals surface area (Å²) in [7, 11) is 1.62. The minimum atomic E-state index is -0.293. The Labute approximate surface area is 123 Å². The SMILES string of the molecule is COc1ccc(Sc2nnc(NC(=O)CCl)s2)cc1. The summed E-state index contributed by atoms with van der Waals surface area (Å²) in [6.45, 7) is 0. The van der Waals surface area contributed by atoms with Crippen LogP contribution in [0.4, 0.5) is 5.13 Å². The summed E-state index contributed by atoms with van der Waals surface area (Å²) in [4.78, 5) is 12.1. The molecule has 0 radical (unpaired) electrons. The number of aromatic nitrogens is 2. The van der Waals surface area contributed by atoms with Crippen molar-refractivity contribution in [1.29, 1.82) is 0 Å². The van der Waals surface area contributed by atoms with Gasteiger partial charge in [-0.05, 0) is 24.3 Å². The lowest BCUT2D eigenvalue weighted by molar-refractivity contribution is -0.113. The molecular formula is C11H10ClN3O2S2. The van der Waals surface area contributed by atoms with Gasteiger partial charge in [-0.1, -0.05) is 23.1 Å². The van der Waals surface area contributed by atoms with Gasteiger partial charge in [0.2, 0.25) is 11.0 Å². The van der Waals surface area contributed by atoms with Crippen LogP contribution in [0.2, 0.25) is 0 Å². The van der Waals surface area contributed by atoms with Gasteiger partial charge in [-0.15, -0.1) is 21.8 Å². The van der Waals surface area contributed by atoms with Gasteiger partial charge in [0.25, 0.3) is 0 Å². The zero-order valence-electron chi connectivity index (χ0n) is 9.92. The van der Waals surface area contributed by atoms with Gasteiger partial charge in [0.15, 0.2) is 4.34 Å². The van der Waals surface area contributed by atoms with E-state index in [4.69, 9.17) is 16.3 Å². The summed E-state index contributed by atoms with van der Waals surface area (Å²) < 4.78 is 5.83. The Balaban J connectivity index is 2.00. The summed E-state index contributed by atoms with van der Waals surface area (Å²) >= 11 is 8.16. The molecule has 8 heteroatoms. The topological polar surface area (TPSA) is 64.1 Å². The standard InChI is InChI=1S/C11H10ClN3O2S2/c1-17-7-2-4-8(5-3-7)18-11-15-14-10(19-11)13-9(16)6-12/h2-5H,6H2,1H3,(H,13,14,16). The number of rotatable bonds is 5. The van der Waals surface area contributed by atoms with Crippen molar-refractivity contribution in [2.75, 3.05) is 18.3 Å². The van der Waals surface area contributed by atoms with E-state index in [0.717, 1.165) is 15.0 Å². The lowest BCUT2D eigenvalue weighted by atomic mass is 10.3. The molecule has 0 aliphatic carbocycles. The molecular weight excluding hydrogens is 306 g/mol. The molecule has 1 amide bonds.